The van der Waals surface area contributed by atoms with Crippen molar-refractivity contribution >= 4 is 9.84 Å². The Hall–Kier alpha value is -1.61. The maximum absolute atomic E-state index is 11.4. The monoisotopic (exact) mass is 215 g/mol. The second kappa shape index (κ2) is 3.64. The Bertz CT molecular complexity index is 575. The molecule has 14 heavy (non-hydrogen) atoms. The van der Waals surface area contributed by atoms with Gasteiger partial charge in [-0.25, -0.2) is 13.4 Å². The van der Waals surface area contributed by atoms with Gasteiger partial charge in [-0.05, 0) is 0 Å². The summed E-state index contributed by atoms with van der Waals surface area (Å²) in [6.45, 7) is 0. The molecule has 1 aromatic rings. The molecule has 0 amide bonds. The van der Waals surface area contributed by atoms with Crippen molar-refractivity contribution in [3.8, 4) is 11.9 Å². The van der Waals surface area contributed by atoms with Crippen LogP contribution in [0, 0.1) is 11.3 Å². The van der Waals surface area contributed by atoms with Gasteiger partial charge in [0.25, 0.3) is 0 Å². The molecular formula is C8H8N2O3S. The van der Waals surface area contributed by atoms with Crippen molar-refractivity contribution in [2.75, 3.05) is 13.3 Å². The van der Waals surface area contributed by atoms with Crippen LogP contribution in [0.5, 0.6) is 5.88 Å². The first-order valence-corrected chi connectivity index (χ1v) is 5.32. The molecule has 0 N–H and O–H groups in total. The van der Waals surface area contributed by atoms with Gasteiger partial charge < -0.3 is 4.74 Å². The molecule has 74 valence electrons. The van der Waals surface area contributed by atoms with Crippen LogP contribution in [0.3, 0.4) is 0 Å². The van der Waals surface area contributed by atoms with Gasteiger partial charge in [-0.3, -0.25) is 0 Å². The first-order valence-electron chi connectivity index (χ1n) is 4.93. The Morgan fingerprint density at radius 3 is 2.93 bits per heavy atom. The molecule has 0 aliphatic rings. The third kappa shape index (κ3) is 2.00. The summed E-state index contributed by atoms with van der Waals surface area (Å²) in [5, 5.41) is 8.70. The zero-order chi connectivity index (χ0) is 13.3. The van der Waals surface area contributed by atoms with E-state index in [-0.39, 0.29) is 16.3 Å². The average molecular weight is 215 g/mol. The van der Waals surface area contributed by atoms with Crippen molar-refractivity contribution in [3.63, 3.8) is 0 Å². The van der Waals surface area contributed by atoms with E-state index in [1.54, 1.807) is 6.07 Å². The molecule has 0 spiro atoms. The number of aromatic nitrogens is 1. The molecule has 0 saturated heterocycles. The van der Waals surface area contributed by atoms with Crippen LogP contribution < -0.4 is 4.74 Å². The minimum Gasteiger partial charge on any atom is -0.481 e. The zero-order valence-electron chi connectivity index (χ0n) is 10.2. The largest absolute Gasteiger partial charge is 0.481 e. The number of methoxy groups -OCH3 is 1. The number of hydrogen-bond donors (Lipinski definition) is 0. The quantitative estimate of drug-likeness (QED) is 0.711. The molecule has 0 unspecified atom stereocenters. The molecule has 0 fully saturated rings. The molecule has 1 aromatic heterocycles. The molecule has 0 radical (unpaired) electrons. The van der Waals surface area contributed by atoms with Crippen LogP contribution in [0.25, 0.3) is 0 Å². The van der Waals surface area contributed by atoms with Crippen molar-refractivity contribution in [2.45, 2.75) is 4.90 Å². The second-order valence-corrected chi connectivity index (χ2v) is 4.49. The fourth-order valence-electron chi connectivity index (χ4n) is 0.866. The van der Waals surface area contributed by atoms with Gasteiger partial charge in [-0.2, -0.15) is 5.26 Å². The highest BCUT2D eigenvalue weighted by molar-refractivity contribution is 7.90. The first kappa shape index (κ1) is 6.79. The van der Waals surface area contributed by atoms with Crippen LogP contribution in [0.4, 0.5) is 0 Å². The third-order valence-corrected chi connectivity index (χ3v) is 2.60. The van der Waals surface area contributed by atoms with Crippen LogP contribution in [-0.4, -0.2) is 26.7 Å². The number of ether oxygens (including phenoxy) is 1. The van der Waals surface area contributed by atoms with Crippen LogP contribution in [0.15, 0.2) is 17.2 Å². The highest BCUT2D eigenvalue weighted by Crippen LogP contribution is 2.18. The first-order chi connectivity index (χ1) is 7.63. The number of hydrogen-bond acceptors (Lipinski definition) is 5. The molecule has 1 rings (SSSR count). The SMILES string of the molecule is [2H]C([2H])([2H])Oc1cc(S(C)(=O)=O)c(C#N)cn1. The van der Waals surface area contributed by atoms with Crippen molar-refractivity contribution < 1.29 is 17.3 Å². The maximum atomic E-state index is 11.4. The highest BCUT2D eigenvalue weighted by atomic mass is 32.2. The molecule has 1 heterocycles. The fraction of sp³-hybridized carbons (Fsp3) is 0.250. The topological polar surface area (TPSA) is 80.0 Å². The summed E-state index contributed by atoms with van der Waals surface area (Å²) in [5.74, 6) is -0.371. The fourth-order valence-corrected chi connectivity index (χ4v) is 1.68. The van der Waals surface area contributed by atoms with E-state index in [2.05, 4.69) is 9.72 Å². The van der Waals surface area contributed by atoms with Gasteiger partial charge in [-0.15, -0.1) is 0 Å². The van der Waals surface area contributed by atoms with E-state index in [9.17, 15) is 8.42 Å². The molecule has 0 atom stereocenters. The predicted octanol–water partition coefficient (Wildman–Crippen LogP) is 0.365. The summed E-state index contributed by atoms with van der Waals surface area (Å²) < 4.78 is 47.7. The Labute approximate surface area is 86.1 Å². The van der Waals surface area contributed by atoms with Gasteiger partial charge in [0.15, 0.2) is 9.84 Å². The van der Waals surface area contributed by atoms with Crippen molar-refractivity contribution in [1.82, 2.24) is 4.98 Å². The Balaban J connectivity index is 3.30. The lowest BCUT2D eigenvalue weighted by molar-refractivity contribution is 0.396. The Morgan fingerprint density at radius 2 is 2.43 bits per heavy atom. The number of pyridine rings is 1. The van der Waals surface area contributed by atoms with Gasteiger partial charge in [0.05, 0.1) is 21.6 Å². The van der Waals surface area contributed by atoms with E-state index in [4.69, 9.17) is 9.37 Å². The van der Waals surface area contributed by atoms with Crippen molar-refractivity contribution in [2.24, 2.45) is 0 Å². The van der Waals surface area contributed by atoms with Crippen molar-refractivity contribution in [3.05, 3.63) is 17.8 Å². The predicted molar refractivity (Wildman–Crippen MR) is 48.6 cm³/mol. The lowest BCUT2D eigenvalue weighted by Gasteiger charge is -2.03. The van der Waals surface area contributed by atoms with Gasteiger partial charge in [0, 0.05) is 18.5 Å². The van der Waals surface area contributed by atoms with Gasteiger partial charge in [0.1, 0.15) is 6.07 Å². The molecule has 0 aromatic carbocycles. The van der Waals surface area contributed by atoms with Crippen LogP contribution in [0.2, 0.25) is 0 Å². The lowest BCUT2D eigenvalue weighted by atomic mass is 10.3. The van der Waals surface area contributed by atoms with Crippen LogP contribution in [0.1, 0.15) is 9.68 Å². The normalized spacial score (nSPS) is 14.7. The summed E-state index contributed by atoms with van der Waals surface area (Å²) in [6, 6.07) is 2.57. The number of rotatable bonds is 2. The highest BCUT2D eigenvalue weighted by Gasteiger charge is 2.14. The Kier molecular flexibility index (Phi) is 1.76. The van der Waals surface area contributed by atoms with Gasteiger partial charge in [0.2, 0.25) is 5.88 Å². The minimum atomic E-state index is -3.65. The number of nitriles is 1. The van der Waals surface area contributed by atoms with Crippen LogP contribution in [-0.2, 0) is 9.84 Å². The summed E-state index contributed by atoms with van der Waals surface area (Å²) in [6.07, 6.45) is 1.86. The molecule has 0 aliphatic carbocycles. The van der Waals surface area contributed by atoms with E-state index >= 15 is 0 Å². The standard InChI is InChI=1S/C8H8N2O3S/c1-13-8-3-7(14(2,11)12)6(4-9)5-10-8/h3,5H,1-2H3/i1D3. The molecule has 0 saturated carbocycles. The molecule has 5 nitrogen and oxygen atoms in total. The van der Waals surface area contributed by atoms with Crippen LogP contribution >= 0.6 is 0 Å². The minimum absolute atomic E-state index is 0.162. The number of nitrogens with zero attached hydrogens (tertiary/aromatic N) is 2. The van der Waals surface area contributed by atoms with Gasteiger partial charge in [-0.1, -0.05) is 0 Å². The Morgan fingerprint density at radius 1 is 1.71 bits per heavy atom. The molecule has 0 bridgehead atoms. The summed E-state index contributed by atoms with van der Waals surface area (Å²) >= 11 is 0. The molecule has 0 aliphatic heterocycles. The van der Waals surface area contributed by atoms with E-state index in [1.807, 2.05) is 0 Å². The number of sulfone groups is 1. The lowest BCUT2D eigenvalue weighted by Crippen LogP contribution is -2.02. The molecule has 6 heteroatoms. The van der Waals surface area contributed by atoms with Gasteiger partial charge >= 0.3 is 0 Å². The second-order valence-electron chi connectivity index (χ2n) is 2.50. The average Bonchev–Trinajstić information content (AvgIpc) is 2.13. The van der Waals surface area contributed by atoms with E-state index in [0.717, 1.165) is 18.5 Å². The van der Waals surface area contributed by atoms with E-state index in [0.29, 0.717) is 0 Å². The summed E-state index contributed by atoms with van der Waals surface area (Å²) in [4.78, 5) is 3.23. The summed E-state index contributed by atoms with van der Waals surface area (Å²) in [7, 11) is -6.38. The van der Waals surface area contributed by atoms with E-state index in [1.165, 1.54) is 0 Å². The smallest absolute Gasteiger partial charge is 0.214 e. The maximum Gasteiger partial charge on any atom is 0.214 e. The van der Waals surface area contributed by atoms with Crippen molar-refractivity contribution in [1.29, 1.82) is 5.26 Å². The van der Waals surface area contributed by atoms with E-state index < -0.39 is 16.9 Å². The zero-order valence-corrected chi connectivity index (χ0v) is 8.00. The summed E-state index contributed by atoms with van der Waals surface area (Å²) in [5.41, 5.74) is -0.162. The molecular weight excluding hydrogens is 204 g/mol. The third-order valence-electron chi connectivity index (χ3n) is 1.47.